The first-order valence-electron chi connectivity index (χ1n) is 8.35. The van der Waals surface area contributed by atoms with Crippen LogP contribution >= 0.6 is 11.6 Å². The molecule has 0 nitrogen and oxygen atoms in total. The van der Waals surface area contributed by atoms with Crippen LogP contribution in [-0.4, -0.2) is 0 Å². The summed E-state index contributed by atoms with van der Waals surface area (Å²) in [7, 11) is 0. The van der Waals surface area contributed by atoms with E-state index in [9.17, 15) is 4.39 Å². The maximum absolute atomic E-state index is 13.6. The van der Waals surface area contributed by atoms with Gasteiger partial charge in [0.2, 0.25) is 0 Å². The normalized spacial score (nSPS) is 21.7. The van der Waals surface area contributed by atoms with Crippen LogP contribution in [0.5, 0.6) is 0 Å². The van der Waals surface area contributed by atoms with Crippen molar-refractivity contribution in [2.24, 2.45) is 5.92 Å². The van der Waals surface area contributed by atoms with Crippen LogP contribution in [0.4, 0.5) is 4.39 Å². The Bertz CT molecular complexity index is 679. The Kier molecular flexibility index (Phi) is 5.17. The Morgan fingerprint density at radius 2 is 1.61 bits per heavy atom. The summed E-state index contributed by atoms with van der Waals surface area (Å²) in [5.41, 5.74) is 3.31. The third kappa shape index (κ3) is 3.84. The molecule has 3 rings (SSSR count). The Hall–Kier alpha value is -1.60. The average Bonchev–Trinajstić information content (AvgIpc) is 2.59. The topological polar surface area (TPSA) is 0 Å². The second-order valence-electron chi connectivity index (χ2n) is 6.39. The van der Waals surface area contributed by atoms with Gasteiger partial charge in [-0.2, -0.15) is 0 Å². The van der Waals surface area contributed by atoms with E-state index in [1.807, 2.05) is 6.07 Å². The summed E-state index contributed by atoms with van der Waals surface area (Å²) >= 11 is 5.75. The Labute approximate surface area is 143 Å². The summed E-state index contributed by atoms with van der Waals surface area (Å²) in [6.45, 7) is 2.10. The van der Waals surface area contributed by atoms with Gasteiger partial charge in [-0.15, -0.1) is 0 Å². The Balaban J connectivity index is 1.71. The molecule has 120 valence electrons. The zero-order chi connectivity index (χ0) is 16.2. The third-order valence-electron chi connectivity index (χ3n) is 4.87. The molecular formula is C21H22ClF. The van der Waals surface area contributed by atoms with Crippen molar-refractivity contribution >= 4 is 11.6 Å². The summed E-state index contributed by atoms with van der Waals surface area (Å²) in [4.78, 5) is 0. The van der Waals surface area contributed by atoms with Gasteiger partial charge < -0.3 is 0 Å². The minimum atomic E-state index is -0.365. The fraction of sp³-hybridized carbons (Fsp3) is 0.333. The molecule has 0 radical (unpaired) electrons. The molecule has 2 aromatic rings. The van der Waals surface area contributed by atoms with Gasteiger partial charge in [0.15, 0.2) is 0 Å². The molecule has 0 heterocycles. The predicted molar refractivity (Wildman–Crippen MR) is 96.4 cm³/mol. The second kappa shape index (κ2) is 7.31. The van der Waals surface area contributed by atoms with E-state index in [-0.39, 0.29) is 10.8 Å². The van der Waals surface area contributed by atoms with Crippen molar-refractivity contribution in [1.29, 1.82) is 0 Å². The van der Waals surface area contributed by atoms with Crippen molar-refractivity contribution in [1.82, 2.24) is 0 Å². The fourth-order valence-corrected chi connectivity index (χ4v) is 3.66. The lowest BCUT2D eigenvalue weighted by Crippen LogP contribution is -2.11. The third-order valence-corrected chi connectivity index (χ3v) is 5.18. The minimum absolute atomic E-state index is 0.170. The molecule has 0 unspecified atom stereocenters. The van der Waals surface area contributed by atoms with Gasteiger partial charge in [-0.05, 0) is 73.3 Å². The van der Waals surface area contributed by atoms with Gasteiger partial charge in [0.1, 0.15) is 5.82 Å². The highest BCUT2D eigenvalue weighted by molar-refractivity contribution is 6.30. The molecule has 1 fully saturated rings. The summed E-state index contributed by atoms with van der Waals surface area (Å²) in [6, 6.07) is 13.6. The van der Waals surface area contributed by atoms with Crippen molar-refractivity contribution in [3.63, 3.8) is 0 Å². The van der Waals surface area contributed by atoms with Crippen LogP contribution in [0.25, 0.3) is 11.1 Å². The maximum Gasteiger partial charge on any atom is 0.142 e. The van der Waals surface area contributed by atoms with E-state index in [1.165, 1.54) is 37.3 Å². The van der Waals surface area contributed by atoms with Crippen molar-refractivity contribution in [2.75, 3.05) is 0 Å². The first-order valence-corrected chi connectivity index (χ1v) is 8.73. The van der Waals surface area contributed by atoms with Gasteiger partial charge >= 0.3 is 0 Å². The van der Waals surface area contributed by atoms with Crippen LogP contribution in [0.1, 0.15) is 44.1 Å². The van der Waals surface area contributed by atoms with Crippen LogP contribution in [0.2, 0.25) is 5.02 Å². The Morgan fingerprint density at radius 3 is 2.22 bits per heavy atom. The van der Waals surface area contributed by atoms with E-state index in [0.29, 0.717) is 5.92 Å². The largest absolute Gasteiger partial charge is 0.205 e. The Morgan fingerprint density at radius 1 is 0.957 bits per heavy atom. The van der Waals surface area contributed by atoms with E-state index in [4.69, 9.17) is 11.6 Å². The summed E-state index contributed by atoms with van der Waals surface area (Å²) < 4.78 is 13.6. The first-order chi connectivity index (χ1) is 11.2. The zero-order valence-electron chi connectivity index (χ0n) is 13.4. The lowest BCUT2D eigenvalue weighted by atomic mass is 9.78. The van der Waals surface area contributed by atoms with Crippen molar-refractivity contribution < 1.29 is 4.39 Å². The summed E-state index contributed by atoms with van der Waals surface area (Å²) in [6.07, 6.45) is 9.57. The van der Waals surface area contributed by atoms with Gasteiger partial charge in [-0.3, -0.25) is 0 Å². The highest BCUT2D eigenvalue weighted by atomic mass is 35.5. The SMILES string of the molecule is CC=CC1CCC(c2ccc(-c3ccc(Cl)c(F)c3)cc2)CC1. The van der Waals surface area contributed by atoms with Gasteiger partial charge in [-0.25, -0.2) is 4.39 Å². The number of rotatable bonds is 3. The summed E-state index contributed by atoms with van der Waals surface area (Å²) in [5, 5.41) is 0.170. The fourth-order valence-electron chi connectivity index (χ4n) is 3.54. The molecule has 0 amide bonds. The number of allylic oxidation sites excluding steroid dienone is 2. The molecule has 0 atom stereocenters. The molecule has 1 aliphatic rings. The second-order valence-corrected chi connectivity index (χ2v) is 6.80. The number of hydrogen-bond acceptors (Lipinski definition) is 0. The van der Waals surface area contributed by atoms with E-state index in [2.05, 4.69) is 43.3 Å². The van der Waals surface area contributed by atoms with Gasteiger partial charge in [-0.1, -0.05) is 54.1 Å². The molecular weight excluding hydrogens is 307 g/mol. The molecule has 0 saturated heterocycles. The monoisotopic (exact) mass is 328 g/mol. The standard InChI is InChI=1S/C21H22ClF/c1-2-3-15-4-6-16(7-5-15)17-8-10-18(11-9-17)19-12-13-20(22)21(23)14-19/h2-3,8-16H,4-7H2,1H3. The molecule has 0 N–H and O–H groups in total. The van der Waals surface area contributed by atoms with Gasteiger partial charge in [0.25, 0.3) is 0 Å². The van der Waals surface area contributed by atoms with Crippen LogP contribution in [-0.2, 0) is 0 Å². The lowest BCUT2D eigenvalue weighted by Gasteiger charge is -2.27. The minimum Gasteiger partial charge on any atom is -0.205 e. The van der Waals surface area contributed by atoms with Gasteiger partial charge in [0, 0.05) is 0 Å². The van der Waals surface area contributed by atoms with Crippen molar-refractivity contribution in [2.45, 2.75) is 38.5 Å². The molecule has 0 aromatic heterocycles. The molecule has 2 heteroatoms. The molecule has 23 heavy (non-hydrogen) atoms. The quantitative estimate of drug-likeness (QED) is 0.532. The highest BCUT2D eigenvalue weighted by Gasteiger charge is 2.20. The van der Waals surface area contributed by atoms with Crippen molar-refractivity contribution in [3.05, 3.63) is 71.0 Å². The number of benzene rings is 2. The number of halogens is 2. The number of hydrogen-bond donors (Lipinski definition) is 0. The van der Waals surface area contributed by atoms with E-state index in [0.717, 1.165) is 17.0 Å². The molecule has 2 aromatic carbocycles. The predicted octanol–water partition coefficient (Wildman–Crippen LogP) is 7.00. The van der Waals surface area contributed by atoms with E-state index < -0.39 is 0 Å². The molecule has 1 saturated carbocycles. The molecule has 0 spiro atoms. The molecule has 0 aliphatic heterocycles. The molecule has 0 bridgehead atoms. The first kappa shape index (κ1) is 16.3. The van der Waals surface area contributed by atoms with Crippen LogP contribution < -0.4 is 0 Å². The lowest BCUT2D eigenvalue weighted by molar-refractivity contribution is 0.376. The summed E-state index contributed by atoms with van der Waals surface area (Å²) in [5.74, 6) is 1.05. The van der Waals surface area contributed by atoms with Crippen LogP contribution in [0, 0.1) is 11.7 Å². The highest BCUT2D eigenvalue weighted by Crippen LogP contribution is 2.37. The van der Waals surface area contributed by atoms with Crippen LogP contribution in [0.3, 0.4) is 0 Å². The van der Waals surface area contributed by atoms with E-state index in [1.54, 1.807) is 6.07 Å². The smallest absolute Gasteiger partial charge is 0.142 e. The maximum atomic E-state index is 13.6. The van der Waals surface area contributed by atoms with Crippen molar-refractivity contribution in [3.8, 4) is 11.1 Å². The average molecular weight is 329 g/mol. The van der Waals surface area contributed by atoms with E-state index >= 15 is 0 Å². The van der Waals surface area contributed by atoms with Gasteiger partial charge in [0.05, 0.1) is 5.02 Å². The zero-order valence-corrected chi connectivity index (χ0v) is 14.2. The molecule has 1 aliphatic carbocycles. The van der Waals surface area contributed by atoms with Crippen LogP contribution in [0.15, 0.2) is 54.6 Å².